The van der Waals surface area contributed by atoms with Crippen LogP contribution in [0.25, 0.3) is 0 Å². The van der Waals surface area contributed by atoms with Crippen molar-refractivity contribution in [2.75, 3.05) is 13.2 Å². The first-order chi connectivity index (χ1) is 14.0. The van der Waals surface area contributed by atoms with Crippen molar-refractivity contribution in [2.45, 2.75) is 55.7 Å². The monoisotopic (exact) mass is 477 g/mol. The van der Waals surface area contributed by atoms with E-state index in [9.17, 15) is 45.2 Å². The maximum absolute atomic E-state index is 13.4. The summed E-state index contributed by atoms with van der Waals surface area (Å²) in [6, 6.07) is 0. The molecule has 6 unspecified atom stereocenters. The minimum Gasteiger partial charge on any atom is -0.743 e. The van der Waals surface area contributed by atoms with Gasteiger partial charge in [-0.3, -0.25) is 4.79 Å². The van der Waals surface area contributed by atoms with Gasteiger partial charge < -0.3 is 23.9 Å². The first kappa shape index (κ1) is 24.1. The Morgan fingerprint density at radius 1 is 1.26 bits per heavy atom. The molecule has 2 saturated carbocycles. The maximum atomic E-state index is 13.4. The molecule has 2 aliphatic carbocycles. The lowest BCUT2D eigenvalue weighted by atomic mass is 9.71. The van der Waals surface area contributed by atoms with Gasteiger partial charge in [-0.1, -0.05) is 0 Å². The molecule has 0 spiro atoms. The van der Waals surface area contributed by atoms with Crippen molar-refractivity contribution in [1.82, 2.24) is 0 Å². The molecule has 0 aromatic rings. The second-order valence-electron chi connectivity index (χ2n) is 8.59. The van der Waals surface area contributed by atoms with Gasteiger partial charge in [0.2, 0.25) is 0 Å². The van der Waals surface area contributed by atoms with Gasteiger partial charge in [-0.05, 0) is 26.2 Å². The van der Waals surface area contributed by atoms with E-state index in [1.807, 2.05) is 0 Å². The van der Waals surface area contributed by atoms with Crippen molar-refractivity contribution >= 4 is 22.1 Å². The van der Waals surface area contributed by atoms with Gasteiger partial charge in [0.25, 0.3) is 0 Å². The Hall–Kier alpha value is -1.51. The van der Waals surface area contributed by atoms with Gasteiger partial charge in [-0.15, -0.1) is 0 Å². The molecule has 1 saturated heterocycles. The second-order valence-corrected chi connectivity index (χ2v) is 10.0. The zero-order chi connectivity index (χ0) is 23.6. The highest BCUT2D eigenvalue weighted by Crippen LogP contribution is 2.61. The van der Waals surface area contributed by atoms with E-state index in [2.05, 4.69) is 4.74 Å². The molecule has 0 radical (unpaired) electrons. The zero-order valence-corrected chi connectivity index (χ0v) is 17.2. The summed E-state index contributed by atoms with van der Waals surface area (Å²) >= 11 is 0. The Morgan fingerprint density at radius 3 is 2.42 bits per heavy atom. The first-order valence-electron chi connectivity index (χ1n) is 9.40. The van der Waals surface area contributed by atoms with Crippen molar-refractivity contribution in [3.05, 3.63) is 0 Å². The molecule has 0 aromatic heterocycles. The molecule has 0 amide bonds. The fraction of sp³-hybridized carbons (Fsp3) is 0.882. The van der Waals surface area contributed by atoms with Crippen LogP contribution in [0.3, 0.4) is 0 Å². The molecule has 3 aliphatic rings. The van der Waals surface area contributed by atoms with E-state index < -0.39 is 82.5 Å². The number of ether oxygens (including phenoxy) is 3. The lowest BCUT2D eigenvalue weighted by molar-refractivity contribution is -0.178. The SMILES string of the molecule is CC(C)(O)C1C2CC3C(OC(=O)C31)C2OCC(=O)OCCC(F)(F)C(F)(F)S(=O)(=O)[O-]. The Bertz CT molecular complexity index is 854. The average molecular weight is 477 g/mol. The number of alkyl halides is 4. The fourth-order valence-corrected chi connectivity index (χ4v) is 5.47. The van der Waals surface area contributed by atoms with Crippen molar-refractivity contribution in [3.8, 4) is 0 Å². The average Bonchev–Trinajstić information content (AvgIpc) is 3.20. The van der Waals surface area contributed by atoms with Crippen LogP contribution in [0.15, 0.2) is 0 Å². The third kappa shape index (κ3) is 4.02. The van der Waals surface area contributed by atoms with Crippen LogP contribution < -0.4 is 0 Å². The summed E-state index contributed by atoms with van der Waals surface area (Å²) < 4.78 is 98.9. The van der Waals surface area contributed by atoms with Gasteiger partial charge in [-0.25, -0.2) is 13.2 Å². The molecule has 1 N–H and O–H groups in total. The van der Waals surface area contributed by atoms with Gasteiger partial charge >= 0.3 is 23.1 Å². The number of carbonyl (C=O) groups is 2. The number of esters is 2. The molecular formula is C17H21F4O9S-. The van der Waals surface area contributed by atoms with Crippen molar-refractivity contribution in [1.29, 1.82) is 0 Å². The van der Waals surface area contributed by atoms with E-state index in [0.717, 1.165) is 0 Å². The molecule has 178 valence electrons. The van der Waals surface area contributed by atoms with E-state index in [-0.39, 0.29) is 11.8 Å². The fourth-order valence-electron chi connectivity index (χ4n) is 5.00. The van der Waals surface area contributed by atoms with E-state index >= 15 is 0 Å². The quantitative estimate of drug-likeness (QED) is 0.288. The molecule has 0 aromatic carbocycles. The minimum absolute atomic E-state index is 0.190. The number of hydrogen-bond acceptors (Lipinski definition) is 9. The largest absolute Gasteiger partial charge is 0.743 e. The molecule has 1 aliphatic heterocycles. The van der Waals surface area contributed by atoms with Gasteiger partial charge in [0.15, 0.2) is 10.1 Å². The number of hydrogen-bond donors (Lipinski definition) is 1. The third-order valence-corrected chi connectivity index (χ3v) is 7.10. The summed E-state index contributed by atoms with van der Waals surface area (Å²) in [7, 11) is -6.62. The normalized spacial score (nSPS) is 33.0. The highest BCUT2D eigenvalue weighted by molar-refractivity contribution is 7.86. The molecule has 3 fully saturated rings. The van der Waals surface area contributed by atoms with E-state index in [1.54, 1.807) is 13.8 Å². The molecule has 9 nitrogen and oxygen atoms in total. The Balaban J connectivity index is 1.53. The Labute approximate surface area is 174 Å². The number of carbonyl (C=O) groups excluding carboxylic acids is 2. The lowest BCUT2D eigenvalue weighted by Gasteiger charge is -2.38. The number of rotatable bonds is 9. The summed E-state index contributed by atoms with van der Waals surface area (Å²) in [5, 5.41) is 4.58. The molecular weight excluding hydrogens is 456 g/mol. The van der Waals surface area contributed by atoms with Gasteiger partial charge in [0.05, 0.1) is 30.7 Å². The summed E-state index contributed by atoms with van der Waals surface area (Å²) in [5.74, 6) is -8.36. The maximum Gasteiger partial charge on any atom is 0.396 e. The van der Waals surface area contributed by atoms with Crippen molar-refractivity contribution in [2.24, 2.45) is 23.7 Å². The molecule has 3 rings (SSSR count). The number of aliphatic hydroxyl groups is 1. The van der Waals surface area contributed by atoms with E-state index in [4.69, 9.17) is 9.47 Å². The second kappa shape index (κ2) is 7.52. The third-order valence-electron chi connectivity index (χ3n) is 6.17. The Kier molecular flexibility index (Phi) is 5.86. The zero-order valence-electron chi connectivity index (χ0n) is 16.4. The molecule has 14 heteroatoms. The predicted molar refractivity (Wildman–Crippen MR) is 89.7 cm³/mol. The van der Waals surface area contributed by atoms with Crippen LogP contribution in [0.2, 0.25) is 0 Å². The van der Waals surface area contributed by atoms with Gasteiger partial charge in [0.1, 0.15) is 12.7 Å². The highest BCUT2D eigenvalue weighted by Gasteiger charge is 2.69. The lowest BCUT2D eigenvalue weighted by Crippen LogP contribution is -2.48. The van der Waals surface area contributed by atoms with Crippen LogP contribution >= 0.6 is 0 Å². The van der Waals surface area contributed by atoms with Crippen LogP contribution in [-0.2, 0) is 33.9 Å². The standard InChI is InChI=1S/C17H22F4O9S/c1-15(2,24)11-8-5-7-10(11)14(23)30-13(7)12(8)29-6-9(22)28-4-3-16(18,19)17(20,21)31(25,26)27/h7-8,10-13,24H,3-6H2,1-2H3,(H,25,26,27)/p-1. The van der Waals surface area contributed by atoms with Gasteiger partial charge in [-0.2, -0.15) is 17.6 Å². The van der Waals surface area contributed by atoms with E-state index in [0.29, 0.717) is 6.42 Å². The van der Waals surface area contributed by atoms with Crippen LogP contribution in [0, 0.1) is 23.7 Å². The summed E-state index contributed by atoms with van der Waals surface area (Å²) in [5.41, 5.74) is -1.22. The summed E-state index contributed by atoms with van der Waals surface area (Å²) in [6.45, 7) is 1.03. The van der Waals surface area contributed by atoms with Crippen LogP contribution in [0.1, 0.15) is 26.7 Å². The van der Waals surface area contributed by atoms with Crippen LogP contribution in [0.4, 0.5) is 17.6 Å². The predicted octanol–water partition coefficient (Wildman–Crippen LogP) is 0.657. The molecule has 31 heavy (non-hydrogen) atoms. The molecule has 2 bridgehead atoms. The van der Waals surface area contributed by atoms with E-state index in [1.165, 1.54) is 0 Å². The summed E-state index contributed by atoms with van der Waals surface area (Å²) in [6.07, 6.45) is -2.74. The topological polar surface area (TPSA) is 139 Å². The van der Waals surface area contributed by atoms with Gasteiger partial charge in [0, 0.05) is 11.8 Å². The minimum atomic E-state index is -6.62. The van der Waals surface area contributed by atoms with Crippen molar-refractivity contribution < 1.29 is 59.4 Å². The molecule has 6 atom stereocenters. The number of fused-ring (bicyclic) bond motifs is 1. The van der Waals surface area contributed by atoms with Crippen LogP contribution in [-0.4, -0.2) is 72.2 Å². The highest BCUT2D eigenvalue weighted by atomic mass is 32.2. The summed E-state index contributed by atoms with van der Waals surface area (Å²) in [4.78, 5) is 23.9. The number of halogens is 4. The van der Waals surface area contributed by atoms with Crippen LogP contribution in [0.5, 0.6) is 0 Å². The smallest absolute Gasteiger partial charge is 0.396 e. The first-order valence-corrected chi connectivity index (χ1v) is 10.8. The Morgan fingerprint density at radius 2 is 1.87 bits per heavy atom. The molecule has 1 heterocycles. The van der Waals surface area contributed by atoms with Crippen molar-refractivity contribution in [3.63, 3.8) is 0 Å².